The Morgan fingerprint density at radius 1 is 1.28 bits per heavy atom. The Hall–Kier alpha value is -3.68. The Morgan fingerprint density at radius 2 is 2.07 bits per heavy atom. The highest BCUT2D eigenvalue weighted by atomic mass is 19.1. The van der Waals surface area contributed by atoms with Crippen molar-refractivity contribution >= 4 is 34.9 Å². The van der Waals surface area contributed by atoms with Gasteiger partial charge in [-0.05, 0) is 35.9 Å². The SMILES string of the molecule is COc1c(C(=O)N[C@@H]2CCOC2=O)ccc2n[nH]c(C=Cc3ccc(F)cc3)c12. The van der Waals surface area contributed by atoms with Crippen molar-refractivity contribution in [2.75, 3.05) is 13.7 Å². The number of H-pyrrole nitrogens is 1. The molecule has 2 N–H and O–H groups in total. The van der Waals surface area contributed by atoms with E-state index in [2.05, 4.69) is 15.5 Å². The van der Waals surface area contributed by atoms with Gasteiger partial charge in [-0.1, -0.05) is 18.2 Å². The van der Waals surface area contributed by atoms with E-state index in [-0.39, 0.29) is 11.4 Å². The maximum Gasteiger partial charge on any atom is 0.328 e. The number of hydrogen-bond donors (Lipinski definition) is 2. The van der Waals surface area contributed by atoms with Crippen LogP contribution in [0.15, 0.2) is 36.4 Å². The van der Waals surface area contributed by atoms with E-state index < -0.39 is 17.9 Å². The molecule has 0 spiro atoms. The molecule has 4 rings (SSSR count). The Labute approximate surface area is 165 Å². The summed E-state index contributed by atoms with van der Waals surface area (Å²) in [6.07, 6.45) is 4.01. The first-order chi connectivity index (χ1) is 14.1. The number of fused-ring (bicyclic) bond motifs is 1. The zero-order valence-electron chi connectivity index (χ0n) is 15.6. The summed E-state index contributed by atoms with van der Waals surface area (Å²) in [4.78, 5) is 24.4. The van der Waals surface area contributed by atoms with E-state index in [9.17, 15) is 14.0 Å². The first-order valence-corrected chi connectivity index (χ1v) is 9.03. The Bertz CT molecular complexity index is 1110. The molecule has 29 heavy (non-hydrogen) atoms. The average Bonchev–Trinajstić information content (AvgIpc) is 3.33. The minimum absolute atomic E-state index is 0.289. The number of amides is 1. The van der Waals surface area contributed by atoms with Gasteiger partial charge >= 0.3 is 5.97 Å². The van der Waals surface area contributed by atoms with Crippen molar-refractivity contribution in [3.05, 3.63) is 59.0 Å². The molecule has 7 nitrogen and oxygen atoms in total. The van der Waals surface area contributed by atoms with Crippen LogP contribution in [0.1, 0.15) is 28.0 Å². The fourth-order valence-corrected chi connectivity index (χ4v) is 3.23. The van der Waals surface area contributed by atoms with Gasteiger partial charge in [-0.3, -0.25) is 9.89 Å². The number of ether oxygens (including phenoxy) is 2. The normalized spacial score (nSPS) is 16.3. The lowest BCUT2D eigenvalue weighted by molar-refractivity contribution is -0.139. The first kappa shape index (κ1) is 18.7. The van der Waals surface area contributed by atoms with Crippen LogP contribution in [0.5, 0.6) is 5.75 Å². The van der Waals surface area contributed by atoms with Crippen LogP contribution >= 0.6 is 0 Å². The van der Waals surface area contributed by atoms with Gasteiger partial charge in [-0.2, -0.15) is 5.10 Å². The van der Waals surface area contributed by atoms with Crippen molar-refractivity contribution in [1.29, 1.82) is 0 Å². The van der Waals surface area contributed by atoms with Crippen molar-refractivity contribution in [3.63, 3.8) is 0 Å². The number of nitrogens with one attached hydrogen (secondary N) is 2. The molecule has 2 heterocycles. The third kappa shape index (κ3) is 3.69. The van der Waals surface area contributed by atoms with Crippen LogP contribution in [-0.4, -0.2) is 41.8 Å². The molecule has 1 aliphatic rings. The number of hydrogen-bond acceptors (Lipinski definition) is 5. The zero-order chi connectivity index (χ0) is 20.4. The van der Waals surface area contributed by atoms with E-state index in [0.29, 0.717) is 35.4 Å². The molecule has 1 amide bonds. The van der Waals surface area contributed by atoms with Crippen molar-refractivity contribution in [2.45, 2.75) is 12.5 Å². The molecule has 1 aromatic heterocycles. The summed E-state index contributed by atoms with van der Waals surface area (Å²) in [6.45, 7) is 0.292. The molecule has 0 unspecified atom stereocenters. The first-order valence-electron chi connectivity index (χ1n) is 9.03. The van der Waals surface area contributed by atoms with Gasteiger partial charge in [-0.15, -0.1) is 0 Å². The van der Waals surface area contributed by atoms with Gasteiger partial charge in [0, 0.05) is 6.42 Å². The zero-order valence-corrected chi connectivity index (χ0v) is 15.6. The summed E-state index contributed by atoms with van der Waals surface area (Å²) in [7, 11) is 1.47. The van der Waals surface area contributed by atoms with Gasteiger partial charge in [0.25, 0.3) is 5.91 Å². The van der Waals surface area contributed by atoms with Crippen molar-refractivity contribution in [1.82, 2.24) is 15.5 Å². The lowest BCUT2D eigenvalue weighted by Crippen LogP contribution is -2.38. The van der Waals surface area contributed by atoms with E-state index in [1.54, 1.807) is 36.4 Å². The number of rotatable bonds is 5. The summed E-state index contributed by atoms with van der Waals surface area (Å²) in [5.74, 6) is -0.830. The topological polar surface area (TPSA) is 93.3 Å². The molecule has 1 saturated heterocycles. The Kier molecular flexibility index (Phi) is 4.99. The number of methoxy groups -OCH3 is 1. The molecule has 148 valence electrons. The van der Waals surface area contributed by atoms with Crippen molar-refractivity contribution < 1.29 is 23.5 Å². The number of esters is 1. The standard InChI is InChI=1S/C21H18FN3O4/c1-28-19-14(20(26)23-17-10-11-29-21(17)27)7-9-16-18(19)15(24-25-16)8-4-12-2-5-13(22)6-3-12/h2-9,17H,10-11H2,1H3,(H,23,26)(H,24,25)/t17-/m1/s1. The molecule has 0 aliphatic carbocycles. The molecule has 8 heteroatoms. The van der Waals surface area contributed by atoms with Gasteiger partial charge < -0.3 is 14.8 Å². The number of carbonyl (C=O) groups excluding carboxylic acids is 2. The van der Waals surface area contributed by atoms with E-state index >= 15 is 0 Å². The second kappa shape index (κ2) is 7.75. The largest absolute Gasteiger partial charge is 0.495 e. The minimum atomic E-state index is -0.662. The van der Waals surface area contributed by atoms with Gasteiger partial charge in [-0.25, -0.2) is 9.18 Å². The second-order valence-corrected chi connectivity index (χ2v) is 6.54. The van der Waals surface area contributed by atoms with Crippen LogP contribution in [0.2, 0.25) is 0 Å². The summed E-state index contributed by atoms with van der Waals surface area (Å²) < 4.78 is 23.5. The number of aromatic amines is 1. The van der Waals surface area contributed by atoms with E-state index in [4.69, 9.17) is 9.47 Å². The molecule has 2 aromatic carbocycles. The fourth-order valence-electron chi connectivity index (χ4n) is 3.23. The van der Waals surface area contributed by atoms with Crippen LogP contribution in [0.25, 0.3) is 23.1 Å². The third-order valence-corrected chi connectivity index (χ3v) is 4.70. The predicted molar refractivity (Wildman–Crippen MR) is 105 cm³/mol. The van der Waals surface area contributed by atoms with Gasteiger partial charge in [0.2, 0.25) is 0 Å². The molecule has 1 fully saturated rings. The highest BCUT2D eigenvalue weighted by Gasteiger charge is 2.29. The van der Waals surface area contributed by atoms with Crippen LogP contribution in [0.3, 0.4) is 0 Å². The van der Waals surface area contributed by atoms with Gasteiger partial charge in [0.1, 0.15) is 17.6 Å². The van der Waals surface area contributed by atoms with Gasteiger partial charge in [0.05, 0.1) is 35.9 Å². The molecular formula is C21H18FN3O4. The highest BCUT2D eigenvalue weighted by molar-refractivity contribution is 6.06. The third-order valence-electron chi connectivity index (χ3n) is 4.70. The maximum atomic E-state index is 13.1. The predicted octanol–water partition coefficient (Wildman–Crippen LogP) is 2.93. The lowest BCUT2D eigenvalue weighted by Gasteiger charge is -2.12. The van der Waals surface area contributed by atoms with Crippen molar-refractivity contribution in [3.8, 4) is 5.75 Å². The summed E-state index contributed by atoms with van der Waals surface area (Å²) in [5, 5.41) is 10.5. The average molecular weight is 395 g/mol. The minimum Gasteiger partial charge on any atom is -0.495 e. The number of nitrogens with zero attached hydrogens (tertiary/aromatic N) is 1. The number of carbonyl (C=O) groups is 2. The molecule has 0 bridgehead atoms. The smallest absolute Gasteiger partial charge is 0.328 e. The molecule has 0 saturated carbocycles. The maximum absolute atomic E-state index is 13.1. The Balaban J connectivity index is 1.68. The summed E-state index contributed by atoms with van der Waals surface area (Å²) >= 11 is 0. The molecule has 1 atom stereocenters. The Morgan fingerprint density at radius 3 is 2.76 bits per heavy atom. The molecule has 1 aliphatic heterocycles. The van der Waals surface area contributed by atoms with E-state index in [0.717, 1.165) is 5.56 Å². The number of halogens is 1. The lowest BCUT2D eigenvalue weighted by atomic mass is 10.1. The van der Waals surface area contributed by atoms with Crippen LogP contribution in [0.4, 0.5) is 4.39 Å². The van der Waals surface area contributed by atoms with E-state index in [1.165, 1.54) is 19.2 Å². The van der Waals surface area contributed by atoms with Crippen LogP contribution in [0, 0.1) is 5.82 Å². The monoisotopic (exact) mass is 395 g/mol. The number of benzene rings is 2. The molecule has 3 aromatic rings. The number of aromatic nitrogens is 2. The highest BCUT2D eigenvalue weighted by Crippen LogP contribution is 2.32. The molecule has 0 radical (unpaired) electrons. The van der Waals surface area contributed by atoms with Crippen LogP contribution in [-0.2, 0) is 9.53 Å². The van der Waals surface area contributed by atoms with Crippen LogP contribution < -0.4 is 10.1 Å². The van der Waals surface area contributed by atoms with Gasteiger partial charge in [0.15, 0.2) is 0 Å². The number of cyclic esters (lactones) is 1. The van der Waals surface area contributed by atoms with Crippen molar-refractivity contribution in [2.24, 2.45) is 0 Å². The molecular weight excluding hydrogens is 377 g/mol. The quantitative estimate of drug-likeness (QED) is 0.648. The fraction of sp³-hybridized carbons (Fsp3) is 0.190. The summed E-state index contributed by atoms with van der Waals surface area (Å²) in [6, 6.07) is 8.70. The second-order valence-electron chi connectivity index (χ2n) is 6.54. The summed E-state index contributed by atoms with van der Waals surface area (Å²) in [5.41, 5.74) is 2.35. The van der Waals surface area contributed by atoms with E-state index in [1.807, 2.05) is 0 Å².